The summed E-state index contributed by atoms with van der Waals surface area (Å²) in [6.45, 7) is 0. The van der Waals surface area contributed by atoms with Crippen LogP contribution in [0.4, 0.5) is 8.78 Å². The smallest absolute Gasteiger partial charge is 0.264 e. The first-order chi connectivity index (χ1) is 8.08. The highest BCUT2D eigenvalue weighted by Gasteiger charge is 2.21. The molecule has 2 aromatic rings. The molecule has 0 fully saturated rings. The number of rotatable bonds is 4. The summed E-state index contributed by atoms with van der Waals surface area (Å²) in [5.41, 5.74) is 0. The third-order valence-corrected chi connectivity index (χ3v) is 2.16. The van der Waals surface area contributed by atoms with Gasteiger partial charge in [-0.1, -0.05) is 5.16 Å². The third kappa shape index (κ3) is 2.47. The number of alkyl halides is 2. The molecule has 1 atom stereocenters. The summed E-state index contributed by atoms with van der Waals surface area (Å²) < 4.78 is 30.6. The van der Waals surface area contributed by atoms with Gasteiger partial charge in [-0.3, -0.25) is 0 Å². The van der Waals surface area contributed by atoms with Crippen molar-refractivity contribution in [1.29, 1.82) is 0 Å². The van der Waals surface area contributed by atoms with Gasteiger partial charge >= 0.3 is 0 Å². The molecule has 0 radical (unpaired) electrons. The SMILES string of the molecule is Cn1ccnc1-c1noc(CC(O)C(F)F)n1. The van der Waals surface area contributed by atoms with Crippen LogP contribution in [0.1, 0.15) is 5.89 Å². The Kier molecular flexibility index (Phi) is 3.14. The van der Waals surface area contributed by atoms with Crippen molar-refractivity contribution < 1.29 is 18.4 Å². The minimum Gasteiger partial charge on any atom is -0.387 e. The van der Waals surface area contributed by atoms with Crippen molar-refractivity contribution in [2.24, 2.45) is 7.05 Å². The summed E-state index contributed by atoms with van der Waals surface area (Å²) in [5, 5.41) is 12.6. The minimum absolute atomic E-state index is 0.0456. The van der Waals surface area contributed by atoms with E-state index in [9.17, 15) is 8.78 Å². The summed E-state index contributed by atoms with van der Waals surface area (Å²) in [6, 6.07) is 0. The summed E-state index contributed by atoms with van der Waals surface area (Å²) in [5.74, 6) is 0.622. The molecule has 1 N–H and O–H groups in total. The fourth-order valence-corrected chi connectivity index (χ4v) is 1.28. The van der Waals surface area contributed by atoms with Gasteiger partial charge in [-0.15, -0.1) is 0 Å². The molecule has 92 valence electrons. The average Bonchev–Trinajstić information content (AvgIpc) is 2.86. The van der Waals surface area contributed by atoms with Crippen molar-refractivity contribution >= 4 is 0 Å². The molecule has 0 saturated heterocycles. The van der Waals surface area contributed by atoms with E-state index in [1.165, 1.54) is 0 Å². The maximum absolute atomic E-state index is 12.1. The van der Waals surface area contributed by atoms with Crippen molar-refractivity contribution in [2.75, 3.05) is 0 Å². The summed E-state index contributed by atoms with van der Waals surface area (Å²) >= 11 is 0. The second kappa shape index (κ2) is 4.58. The summed E-state index contributed by atoms with van der Waals surface area (Å²) in [6.07, 6.45) is -1.77. The van der Waals surface area contributed by atoms with Gasteiger partial charge in [0.1, 0.15) is 6.10 Å². The topological polar surface area (TPSA) is 77.0 Å². The van der Waals surface area contributed by atoms with Crippen LogP contribution in [0.5, 0.6) is 0 Å². The van der Waals surface area contributed by atoms with Gasteiger partial charge in [0.15, 0.2) is 5.82 Å². The van der Waals surface area contributed by atoms with Gasteiger partial charge in [0, 0.05) is 19.4 Å². The van der Waals surface area contributed by atoms with E-state index in [0.717, 1.165) is 0 Å². The monoisotopic (exact) mass is 244 g/mol. The highest BCUT2D eigenvalue weighted by molar-refractivity contribution is 5.42. The Bertz CT molecular complexity index is 497. The highest BCUT2D eigenvalue weighted by Crippen LogP contribution is 2.14. The third-order valence-electron chi connectivity index (χ3n) is 2.16. The lowest BCUT2D eigenvalue weighted by molar-refractivity contribution is -0.00754. The van der Waals surface area contributed by atoms with Gasteiger partial charge in [0.25, 0.3) is 6.43 Å². The van der Waals surface area contributed by atoms with Crippen molar-refractivity contribution in [3.63, 3.8) is 0 Å². The lowest BCUT2D eigenvalue weighted by atomic mass is 10.2. The molecule has 0 aliphatic heterocycles. The number of nitrogens with zero attached hydrogens (tertiary/aromatic N) is 4. The molecule has 2 heterocycles. The molecule has 8 heteroatoms. The fraction of sp³-hybridized carbons (Fsp3) is 0.444. The largest absolute Gasteiger partial charge is 0.387 e. The van der Waals surface area contributed by atoms with Crippen molar-refractivity contribution in [3.8, 4) is 11.6 Å². The Labute approximate surface area is 94.9 Å². The number of hydrogen-bond acceptors (Lipinski definition) is 5. The fourth-order valence-electron chi connectivity index (χ4n) is 1.28. The zero-order valence-electron chi connectivity index (χ0n) is 8.92. The maximum Gasteiger partial charge on any atom is 0.264 e. The van der Waals surface area contributed by atoms with Crippen LogP contribution < -0.4 is 0 Å². The van der Waals surface area contributed by atoms with E-state index in [2.05, 4.69) is 15.1 Å². The normalized spacial score (nSPS) is 13.2. The van der Waals surface area contributed by atoms with E-state index in [1.807, 2.05) is 0 Å². The molecule has 2 aromatic heterocycles. The van der Waals surface area contributed by atoms with Crippen LogP contribution in [0, 0.1) is 0 Å². The van der Waals surface area contributed by atoms with E-state index in [-0.39, 0.29) is 18.1 Å². The molecule has 0 saturated carbocycles. The van der Waals surface area contributed by atoms with Crippen LogP contribution in [0.2, 0.25) is 0 Å². The van der Waals surface area contributed by atoms with Crippen LogP contribution in [0.15, 0.2) is 16.9 Å². The number of aliphatic hydroxyl groups excluding tert-OH is 1. The first-order valence-corrected chi connectivity index (χ1v) is 4.84. The van der Waals surface area contributed by atoms with Gasteiger partial charge in [-0.2, -0.15) is 4.98 Å². The van der Waals surface area contributed by atoms with E-state index in [1.54, 1.807) is 24.0 Å². The second-order valence-corrected chi connectivity index (χ2v) is 3.48. The lowest BCUT2D eigenvalue weighted by Gasteiger charge is -2.04. The molecular weight excluding hydrogens is 234 g/mol. The Morgan fingerprint density at radius 2 is 2.29 bits per heavy atom. The maximum atomic E-state index is 12.1. The number of aromatic nitrogens is 4. The number of hydrogen-bond donors (Lipinski definition) is 1. The quantitative estimate of drug-likeness (QED) is 0.853. The molecule has 0 spiro atoms. The molecule has 6 nitrogen and oxygen atoms in total. The standard InChI is InChI=1S/C9H10F2N4O2/c1-15-3-2-12-9(15)8-13-6(17-14-8)4-5(16)7(10)11/h2-3,5,7,16H,4H2,1H3. The number of aliphatic hydroxyl groups is 1. The molecule has 0 aliphatic carbocycles. The first kappa shape index (κ1) is 11.6. The Hall–Kier alpha value is -1.83. The van der Waals surface area contributed by atoms with Crippen LogP contribution in [0.25, 0.3) is 11.6 Å². The van der Waals surface area contributed by atoms with Gasteiger partial charge in [0.05, 0.1) is 6.42 Å². The predicted octanol–water partition coefficient (Wildman–Crippen LogP) is 0.639. The van der Waals surface area contributed by atoms with Gasteiger partial charge in [-0.05, 0) is 0 Å². The zero-order valence-corrected chi connectivity index (χ0v) is 8.92. The Morgan fingerprint density at radius 1 is 1.53 bits per heavy atom. The van der Waals surface area contributed by atoms with E-state index < -0.39 is 12.5 Å². The van der Waals surface area contributed by atoms with Gasteiger partial charge in [0.2, 0.25) is 11.7 Å². The summed E-state index contributed by atoms with van der Waals surface area (Å²) in [7, 11) is 1.74. The number of aryl methyl sites for hydroxylation is 1. The number of halogens is 2. The second-order valence-electron chi connectivity index (χ2n) is 3.48. The first-order valence-electron chi connectivity index (χ1n) is 4.84. The highest BCUT2D eigenvalue weighted by atomic mass is 19.3. The van der Waals surface area contributed by atoms with Gasteiger partial charge < -0.3 is 14.2 Å². The molecular formula is C9H10F2N4O2. The number of imidazole rings is 1. The van der Waals surface area contributed by atoms with Crippen LogP contribution >= 0.6 is 0 Å². The molecule has 0 aliphatic rings. The van der Waals surface area contributed by atoms with Gasteiger partial charge in [-0.25, -0.2) is 13.8 Å². The zero-order chi connectivity index (χ0) is 12.4. The average molecular weight is 244 g/mol. The van der Waals surface area contributed by atoms with Crippen LogP contribution in [-0.4, -0.2) is 37.3 Å². The molecule has 0 amide bonds. The summed E-state index contributed by atoms with van der Waals surface area (Å²) in [4.78, 5) is 7.86. The molecule has 1 unspecified atom stereocenters. The molecule has 0 bridgehead atoms. The minimum atomic E-state index is -2.83. The van der Waals surface area contributed by atoms with E-state index >= 15 is 0 Å². The van der Waals surface area contributed by atoms with Crippen molar-refractivity contribution in [1.82, 2.24) is 19.7 Å². The molecule has 0 aromatic carbocycles. The van der Waals surface area contributed by atoms with E-state index in [0.29, 0.717) is 5.82 Å². The van der Waals surface area contributed by atoms with Crippen molar-refractivity contribution in [3.05, 3.63) is 18.3 Å². The molecule has 17 heavy (non-hydrogen) atoms. The Balaban J connectivity index is 2.14. The lowest BCUT2D eigenvalue weighted by Crippen LogP contribution is -2.20. The predicted molar refractivity (Wildman–Crippen MR) is 52.2 cm³/mol. The Morgan fingerprint density at radius 3 is 2.88 bits per heavy atom. The van der Waals surface area contributed by atoms with Crippen LogP contribution in [0.3, 0.4) is 0 Å². The van der Waals surface area contributed by atoms with Crippen molar-refractivity contribution in [2.45, 2.75) is 19.0 Å². The van der Waals surface area contributed by atoms with E-state index in [4.69, 9.17) is 9.63 Å². The van der Waals surface area contributed by atoms with Crippen LogP contribution in [-0.2, 0) is 13.5 Å². The molecule has 2 rings (SSSR count).